The van der Waals surface area contributed by atoms with Crippen molar-refractivity contribution in [2.75, 3.05) is 13.2 Å². The van der Waals surface area contributed by atoms with Crippen molar-refractivity contribution in [1.82, 2.24) is 0 Å². The average molecular weight is 483 g/mol. The Hall–Kier alpha value is -2.33. The van der Waals surface area contributed by atoms with Crippen molar-refractivity contribution in [2.24, 2.45) is 10.8 Å². The normalized spacial score (nSPS) is 13.5. The Labute approximate surface area is 213 Å². The molecule has 2 aromatic carbocycles. The van der Waals surface area contributed by atoms with Gasteiger partial charge in [0.1, 0.15) is 24.7 Å². The van der Waals surface area contributed by atoms with Crippen molar-refractivity contribution in [3.63, 3.8) is 0 Å². The number of rotatable bonds is 10. The molecule has 0 bridgehead atoms. The molecule has 0 spiro atoms. The van der Waals surface area contributed by atoms with Gasteiger partial charge in [-0.25, -0.2) is 0 Å². The van der Waals surface area contributed by atoms with E-state index in [0.717, 1.165) is 35.5 Å². The number of ketones is 1. The van der Waals surface area contributed by atoms with Crippen LogP contribution in [-0.4, -0.2) is 30.2 Å². The van der Waals surface area contributed by atoms with E-state index in [1.54, 1.807) is 0 Å². The molecule has 0 saturated carbocycles. The van der Waals surface area contributed by atoms with Crippen LogP contribution in [0.4, 0.5) is 0 Å². The molecule has 2 aromatic rings. The van der Waals surface area contributed by atoms with Gasteiger partial charge in [0.15, 0.2) is 5.78 Å². The van der Waals surface area contributed by atoms with Gasteiger partial charge in [-0.3, -0.25) is 4.79 Å². The van der Waals surface area contributed by atoms with Crippen molar-refractivity contribution >= 4 is 5.78 Å². The Bertz CT molecular complexity index is 1000. The molecule has 35 heavy (non-hydrogen) atoms. The van der Waals surface area contributed by atoms with Crippen LogP contribution in [0.5, 0.6) is 11.5 Å². The van der Waals surface area contributed by atoms with Gasteiger partial charge in [0, 0.05) is 10.8 Å². The van der Waals surface area contributed by atoms with Gasteiger partial charge in [-0.1, -0.05) is 79.7 Å². The maximum atomic E-state index is 12.3. The van der Waals surface area contributed by atoms with Crippen LogP contribution in [-0.2, 0) is 10.2 Å². The van der Waals surface area contributed by atoms with Crippen LogP contribution in [0, 0.1) is 24.7 Å². The Balaban J connectivity index is 2.31. The van der Waals surface area contributed by atoms with E-state index in [1.165, 1.54) is 11.1 Å². The lowest BCUT2D eigenvalue weighted by Crippen LogP contribution is -2.32. The molecule has 4 heteroatoms. The molecule has 1 unspecified atom stereocenters. The van der Waals surface area contributed by atoms with E-state index in [9.17, 15) is 9.90 Å². The first-order valence-electron chi connectivity index (χ1n) is 12.8. The zero-order chi connectivity index (χ0) is 26.6. The molecule has 0 amide bonds. The summed E-state index contributed by atoms with van der Waals surface area (Å²) < 4.78 is 11.9. The van der Waals surface area contributed by atoms with E-state index in [2.05, 4.69) is 45.0 Å². The van der Waals surface area contributed by atoms with Crippen LogP contribution in [0.15, 0.2) is 36.4 Å². The first-order valence-corrected chi connectivity index (χ1v) is 12.8. The van der Waals surface area contributed by atoms with Crippen LogP contribution < -0.4 is 9.47 Å². The molecule has 0 heterocycles. The van der Waals surface area contributed by atoms with E-state index in [1.807, 2.05) is 60.6 Å². The van der Waals surface area contributed by atoms with E-state index < -0.39 is 11.5 Å². The SMILES string of the molecule is CCC(CC)(c1ccc(OCC(=O)C(C)(C)C)c(C)c1)c1ccc(OCC(O)C(C)(C)C)c(C)c1. The number of carbonyl (C=O) groups excluding carboxylic acids is 1. The van der Waals surface area contributed by atoms with E-state index >= 15 is 0 Å². The molecular formula is C31H46O4. The van der Waals surface area contributed by atoms with Gasteiger partial charge in [-0.05, 0) is 66.5 Å². The van der Waals surface area contributed by atoms with Gasteiger partial charge in [0.05, 0.1) is 6.10 Å². The van der Waals surface area contributed by atoms with Crippen molar-refractivity contribution < 1.29 is 19.4 Å². The minimum atomic E-state index is -0.533. The summed E-state index contributed by atoms with van der Waals surface area (Å²) in [7, 11) is 0. The summed E-state index contributed by atoms with van der Waals surface area (Å²) in [5, 5.41) is 10.3. The van der Waals surface area contributed by atoms with Gasteiger partial charge in [-0.2, -0.15) is 0 Å². The largest absolute Gasteiger partial charge is 0.491 e. The highest BCUT2D eigenvalue weighted by molar-refractivity contribution is 5.85. The maximum absolute atomic E-state index is 12.3. The third-order valence-electron chi connectivity index (χ3n) is 7.25. The summed E-state index contributed by atoms with van der Waals surface area (Å²) in [6, 6.07) is 12.7. The third kappa shape index (κ3) is 6.88. The molecule has 1 N–H and O–H groups in total. The van der Waals surface area contributed by atoms with Gasteiger partial charge in [0.2, 0.25) is 0 Å². The monoisotopic (exact) mass is 482 g/mol. The highest BCUT2D eigenvalue weighted by Crippen LogP contribution is 2.41. The molecule has 4 nitrogen and oxygen atoms in total. The van der Waals surface area contributed by atoms with Gasteiger partial charge >= 0.3 is 0 Å². The lowest BCUT2D eigenvalue weighted by molar-refractivity contribution is -0.128. The summed E-state index contributed by atoms with van der Waals surface area (Å²) in [4.78, 5) is 12.3. The highest BCUT2D eigenvalue weighted by atomic mass is 16.5. The first kappa shape index (κ1) is 28.9. The highest BCUT2D eigenvalue weighted by Gasteiger charge is 2.32. The standard InChI is InChI=1S/C31H46O4/c1-11-31(12-2,23-13-15-25(21(3)17-23)34-19-27(32)29(5,6)7)24-14-16-26(22(4)18-24)35-20-28(33)30(8,9)10/h13-18,27,32H,11-12,19-20H2,1-10H3. The third-order valence-corrected chi connectivity index (χ3v) is 7.25. The van der Waals surface area contributed by atoms with Crippen LogP contribution >= 0.6 is 0 Å². The second-order valence-electron chi connectivity index (χ2n) is 11.9. The van der Waals surface area contributed by atoms with Gasteiger partial charge in [-0.15, -0.1) is 0 Å². The molecule has 0 saturated heterocycles. The van der Waals surface area contributed by atoms with E-state index in [-0.39, 0.29) is 29.8 Å². The predicted octanol–water partition coefficient (Wildman–Crippen LogP) is 7.19. The number of carbonyl (C=O) groups is 1. The Morgan fingerprint density at radius 1 is 0.829 bits per heavy atom. The molecule has 0 radical (unpaired) electrons. The average Bonchev–Trinajstić information content (AvgIpc) is 2.77. The van der Waals surface area contributed by atoms with Gasteiger partial charge in [0.25, 0.3) is 0 Å². The Morgan fingerprint density at radius 3 is 1.66 bits per heavy atom. The lowest BCUT2D eigenvalue weighted by Gasteiger charge is -2.34. The van der Waals surface area contributed by atoms with Crippen LogP contribution in [0.3, 0.4) is 0 Å². The lowest BCUT2D eigenvalue weighted by atomic mass is 9.70. The number of hydrogen-bond acceptors (Lipinski definition) is 4. The van der Waals surface area contributed by atoms with Crippen molar-refractivity contribution in [3.05, 3.63) is 58.7 Å². The zero-order valence-corrected chi connectivity index (χ0v) is 23.5. The first-order chi connectivity index (χ1) is 16.2. The zero-order valence-electron chi connectivity index (χ0n) is 23.5. The predicted molar refractivity (Wildman–Crippen MR) is 145 cm³/mol. The fourth-order valence-corrected chi connectivity index (χ4v) is 4.23. The molecule has 0 aliphatic rings. The van der Waals surface area contributed by atoms with Crippen LogP contribution in [0.25, 0.3) is 0 Å². The minimum Gasteiger partial charge on any atom is -0.491 e. The van der Waals surface area contributed by atoms with Crippen LogP contribution in [0.1, 0.15) is 90.5 Å². The Morgan fingerprint density at radius 2 is 1.29 bits per heavy atom. The van der Waals surface area contributed by atoms with Crippen molar-refractivity contribution in [2.45, 2.75) is 93.6 Å². The number of hydrogen-bond donors (Lipinski definition) is 1. The second kappa shape index (κ2) is 11.2. The summed E-state index contributed by atoms with van der Waals surface area (Å²) in [5.74, 6) is 1.65. The van der Waals surface area contributed by atoms with E-state index in [4.69, 9.17) is 9.47 Å². The fourth-order valence-electron chi connectivity index (χ4n) is 4.23. The van der Waals surface area contributed by atoms with Gasteiger partial charge < -0.3 is 14.6 Å². The molecule has 0 aromatic heterocycles. The molecule has 194 valence electrons. The topological polar surface area (TPSA) is 55.8 Å². The number of benzene rings is 2. The summed E-state index contributed by atoms with van der Waals surface area (Å²) in [6.45, 7) is 20.7. The number of ether oxygens (including phenoxy) is 2. The number of Topliss-reactive ketones (excluding diaryl/α,β-unsaturated/α-hetero) is 1. The molecule has 0 fully saturated rings. The quantitative estimate of drug-likeness (QED) is 0.389. The molecule has 2 rings (SSSR count). The van der Waals surface area contributed by atoms with Crippen molar-refractivity contribution in [3.8, 4) is 11.5 Å². The molecule has 1 atom stereocenters. The van der Waals surface area contributed by atoms with E-state index in [0.29, 0.717) is 0 Å². The number of aliphatic hydroxyl groups excluding tert-OH is 1. The smallest absolute Gasteiger partial charge is 0.175 e. The second-order valence-corrected chi connectivity index (χ2v) is 11.9. The molecule has 0 aliphatic carbocycles. The molecular weight excluding hydrogens is 436 g/mol. The van der Waals surface area contributed by atoms with Crippen LogP contribution in [0.2, 0.25) is 0 Å². The number of aliphatic hydroxyl groups is 1. The summed E-state index contributed by atoms with van der Waals surface area (Å²) in [6.07, 6.45) is 1.37. The summed E-state index contributed by atoms with van der Waals surface area (Å²) in [5.41, 5.74) is 3.81. The number of aryl methyl sites for hydroxylation is 2. The van der Waals surface area contributed by atoms with Crippen molar-refractivity contribution in [1.29, 1.82) is 0 Å². The summed E-state index contributed by atoms with van der Waals surface area (Å²) >= 11 is 0. The fraction of sp³-hybridized carbons (Fsp3) is 0.581. The molecule has 0 aliphatic heterocycles. The maximum Gasteiger partial charge on any atom is 0.175 e. The minimum absolute atomic E-state index is 0.0843. The Kier molecular flexibility index (Phi) is 9.21.